The molecule has 7 rings (SSSR count). The van der Waals surface area contributed by atoms with Crippen molar-refractivity contribution in [3.8, 4) is 11.1 Å². The molecule has 11 heteroatoms. The van der Waals surface area contributed by atoms with E-state index < -0.39 is 30.4 Å². The van der Waals surface area contributed by atoms with Crippen LogP contribution in [-0.2, 0) is 43.6 Å². The number of aliphatic hydroxyl groups is 2. The van der Waals surface area contributed by atoms with E-state index in [0.29, 0.717) is 6.54 Å². The van der Waals surface area contributed by atoms with Crippen LogP contribution in [0.4, 0.5) is 4.79 Å². The van der Waals surface area contributed by atoms with Crippen LogP contribution >= 0.6 is 0 Å². The zero-order valence-corrected chi connectivity index (χ0v) is 33.5. The summed E-state index contributed by atoms with van der Waals surface area (Å²) in [4.78, 5) is 42.3. The number of aliphatic hydroxyl groups excluding tert-OH is 2. The lowest BCUT2D eigenvalue weighted by Gasteiger charge is -2.43. The molecule has 5 aromatic carbocycles. The molecule has 2 saturated heterocycles. The van der Waals surface area contributed by atoms with Crippen LogP contribution in [0.5, 0.6) is 0 Å². The van der Waals surface area contributed by atoms with Crippen molar-refractivity contribution in [3.05, 3.63) is 167 Å². The summed E-state index contributed by atoms with van der Waals surface area (Å²) in [6, 6.07) is 40.9. The Balaban J connectivity index is 1.05. The molecule has 0 bridgehead atoms. The second-order valence-corrected chi connectivity index (χ2v) is 15.4. The van der Waals surface area contributed by atoms with Gasteiger partial charge in [-0.2, -0.15) is 0 Å². The number of benzene rings is 5. The molecule has 3 amide bonds. The summed E-state index contributed by atoms with van der Waals surface area (Å²) in [6.45, 7) is 4.71. The van der Waals surface area contributed by atoms with Crippen molar-refractivity contribution in [3.63, 3.8) is 0 Å². The molecule has 59 heavy (non-hydrogen) atoms. The molecular weight excluding hydrogens is 747 g/mol. The predicted octanol–water partition coefficient (Wildman–Crippen LogP) is 7.25. The molecule has 7 atom stereocenters. The number of likely N-dealkylation sites (tertiary alicyclic amines) is 1. The Hall–Kier alpha value is -5.69. The second kappa shape index (κ2) is 18.9. The number of carbonyl (C=O) groups is 3. The molecule has 306 valence electrons. The summed E-state index contributed by atoms with van der Waals surface area (Å²) in [5, 5.41) is 23.5. The number of nitrogens with one attached hydrogen (secondary N) is 1. The molecule has 5 aromatic rings. The lowest BCUT2D eigenvalue weighted by atomic mass is 9.89. The van der Waals surface area contributed by atoms with E-state index in [-0.39, 0.29) is 56.3 Å². The van der Waals surface area contributed by atoms with Gasteiger partial charge in [-0.1, -0.05) is 140 Å². The van der Waals surface area contributed by atoms with E-state index in [1.807, 2.05) is 147 Å². The number of carbonyl (C=O) groups excluding carboxylic acids is 3. The molecular formula is C48H51N3O8. The zero-order valence-electron chi connectivity index (χ0n) is 33.5. The Bertz CT molecular complexity index is 2180. The molecule has 0 radical (unpaired) electrons. The first-order chi connectivity index (χ1) is 28.6. The minimum absolute atomic E-state index is 0.0446. The number of hydrogen-bond acceptors (Lipinski definition) is 9. The fourth-order valence-corrected chi connectivity index (χ4v) is 7.75. The van der Waals surface area contributed by atoms with Crippen LogP contribution < -0.4 is 5.32 Å². The summed E-state index contributed by atoms with van der Waals surface area (Å²) in [7, 11) is 2.00. The number of nitrogens with zero attached hydrogens (tertiary/aromatic N) is 2. The van der Waals surface area contributed by atoms with Crippen LogP contribution in [0.15, 0.2) is 133 Å². The summed E-state index contributed by atoms with van der Waals surface area (Å²) in [5.74, 6) is -0.909. The molecule has 0 aliphatic carbocycles. The number of alkyl carbamates (subject to hydrolysis) is 1. The highest BCUT2D eigenvalue weighted by Crippen LogP contribution is 2.42. The van der Waals surface area contributed by atoms with Crippen molar-refractivity contribution in [1.29, 1.82) is 0 Å². The standard InChI is InChI=1S/C48H51N3O8/c1-31-42(28-50(3)32(2)44(54)36-14-8-5-9-15-36)58-47(59-45(31)37-20-18-33(29-52)19-21-37)38-24-22-35(23-25-38)40-17-11-10-16-39(40)27-51-43(53)26-41(46(51)55)49-48(56)57-30-34-12-6-4-7-13-34/h4-25,31-32,41-42,44-45,47,52,54H,26-30H2,1-3H3,(H,49,56)/t31-,32+,41?,42+,44+,45+,47+/m0/s1. The van der Waals surface area contributed by atoms with Gasteiger partial charge in [-0.05, 0) is 52.9 Å². The first-order valence-corrected chi connectivity index (χ1v) is 20.0. The quantitative estimate of drug-likeness (QED) is 0.0993. The van der Waals surface area contributed by atoms with Gasteiger partial charge < -0.3 is 29.7 Å². The smallest absolute Gasteiger partial charge is 0.408 e. The van der Waals surface area contributed by atoms with Gasteiger partial charge >= 0.3 is 6.09 Å². The van der Waals surface area contributed by atoms with Crippen LogP contribution in [0.25, 0.3) is 11.1 Å². The lowest BCUT2D eigenvalue weighted by molar-refractivity contribution is -0.276. The molecule has 2 aliphatic rings. The maximum atomic E-state index is 13.4. The third-order valence-electron chi connectivity index (χ3n) is 11.5. The first-order valence-electron chi connectivity index (χ1n) is 20.0. The Kier molecular flexibility index (Phi) is 13.3. The van der Waals surface area contributed by atoms with Crippen molar-refractivity contribution in [1.82, 2.24) is 15.1 Å². The van der Waals surface area contributed by atoms with Gasteiger partial charge in [0.1, 0.15) is 12.6 Å². The summed E-state index contributed by atoms with van der Waals surface area (Å²) in [5.41, 5.74) is 6.77. The van der Waals surface area contributed by atoms with Crippen LogP contribution in [0, 0.1) is 5.92 Å². The van der Waals surface area contributed by atoms with Crippen LogP contribution in [0.1, 0.15) is 72.1 Å². The molecule has 0 saturated carbocycles. The third kappa shape index (κ3) is 9.79. The lowest BCUT2D eigenvalue weighted by Crippen LogP contribution is -2.46. The highest BCUT2D eigenvalue weighted by Gasteiger charge is 2.41. The fraction of sp³-hybridized carbons (Fsp3) is 0.312. The fourth-order valence-electron chi connectivity index (χ4n) is 7.75. The number of likely N-dealkylation sites (N-methyl/N-ethyl adjacent to an activating group) is 1. The van der Waals surface area contributed by atoms with Crippen molar-refractivity contribution in [2.24, 2.45) is 5.92 Å². The molecule has 3 N–H and O–H groups in total. The first kappa shape index (κ1) is 41.5. The van der Waals surface area contributed by atoms with E-state index in [1.54, 1.807) is 0 Å². The second-order valence-electron chi connectivity index (χ2n) is 15.4. The van der Waals surface area contributed by atoms with Crippen LogP contribution in [0.3, 0.4) is 0 Å². The summed E-state index contributed by atoms with van der Waals surface area (Å²) >= 11 is 0. The Morgan fingerprint density at radius 3 is 2.19 bits per heavy atom. The summed E-state index contributed by atoms with van der Waals surface area (Å²) in [6.07, 6.45) is -2.86. The molecule has 0 aromatic heterocycles. The Morgan fingerprint density at radius 2 is 1.49 bits per heavy atom. The highest BCUT2D eigenvalue weighted by molar-refractivity contribution is 6.06. The van der Waals surface area contributed by atoms with Gasteiger partial charge in [-0.3, -0.25) is 19.4 Å². The van der Waals surface area contributed by atoms with E-state index in [4.69, 9.17) is 14.2 Å². The molecule has 11 nitrogen and oxygen atoms in total. The van der Waals surface area contributed by atoms with Crippen LogP contribution in [-0.4, -0.2) is 69.7 Å². The maximum Gasteiger partial charge on any atom is 0.408 e. The van der Waals surface area contributed by atoms with Gasteiger partial charge in [0.25, 0.3) is 5.91 Å². The number of rotatable bonds is 14. The Labute approximate surface area is 345 Å². The highest BCUT2D eigenvalue weighted by atomic mass is 16.7. The number of hydrogen-bond donors (Lipinski definition) is 3. The normalized spacial score (nSPS) is 21.7. The van der Waals surface area contributed by atoms with Gasteiger partial charge in [-0.25, -0.2) is 4.79 Å². The topological polar surface area (TPSA) is 138 Å². The van der Waals surface area contributed by atoms with Crippen molar-refractivity contribution >= 4 is 17.9 Å². The van der Waals surface area contributed by atoms with E-state index >= 15 is 0 Å². The maximum absolute atomic E-state index is 13.4. The average molecular weight is 798 g/mol. The van der Waals surface area contributed by atoms with E-state index in [1.165, 1.54) is 4.90 Å². The van der Waals surface area contributed by atoms with Crippen molar-refractivity contribution in [2.45, 2.75) is 76.7 Å². The predicted molar refractivity (Wildman–Crippen MR) is 222 cm³/mol. The van der Waals surface area contributed by atoms with Crippen molar-refractivity contribution < 1.29 is 38.8 Å². The van der Waals surface area contributed by atoms with Gasteiger partial charge in [0.05, 0.1) is 37.9 Å². The molecule has 2 aliphatic heterocycles. The minimum atomic E-state index is -1.01. The van der Waals surface area contributed by atoms with Gasteiger partial charge in [0, 0.05) is 24.1 Å². The minimum Gasteiger partial charge on any atom is -0.445 e. The largest absolute Gasteiger partial charge is 0.445 e. The SMILES string of the molecule is C[C@H]1[C@@H](CN(C)[C@H](C)[C@@H](O)c2ccccc2)O[C@@H](c2ccc(-c3ccccc3CN3C(=O)CC(NC(=O)OCc4ccccc4)C3=O)cc2)O[C@H]1c1ccc(CO)cc1. The van der Waals surface area contributed by atoms with Gasteiger partial charge in [0.15, 0.2) is 6.29 Å². The third-order valence-corrected chi connectivity index (χ3v) is 11.5. The Morgan fingerprint density at radius 1 is 0.847 bits per heavy atom. The van der Waals surface area contributed by atoms with Crippen LogP contribution in [0.2, 0.25) is 0 Å². The van der Waals surface area contributed by atoms with E-state index in [0.717, 1.165) is 44.5 Å². The molecule has 2 fully saturated rings. The molecule has 2 heterocycles. The van der Waals surface area contributed by atoms with Crippen molar-refractivity contribution in [2.75, 3.05) is 13.6 Å². The monoisotopic (exact) mass is 797 g/mol. The number of amides is 3. The molecule has 1 unspecified atom stereocenters. The van der Waals surface area contributed by atoms with E-state index in [2.05, 4.69) is 17.1 Å². The number of imide groups is 1. The average Bonchev–Trinajstić information content (AvgIpc) is 3.53. The number of ether oxygens (including phenoxy) is 3. The zero-order chi connectivity index (χ0) is 41.5. The summed E-state index contributed by atoms with van der Waals surface area (Å²) < 4.78 is 18.7. The van der Waals surface area contributed by atoms with E-state index in [9.17, 15) is 24.6 Å². The molecule has 0 spiro atoms. The van der Waals surface area contributed by atoms with Gasteiger partial charge in [-0.15, -0.1) is 0 Å². The van der Waals surface area contributed by atoms with Gasteiger partial charge in [0.2, 0.25) is 5.91 Å².